The Labute approximate surface area is 162 Å². The molecule has 2 aliphatic heterocycles. The highest BCUT2D eigenvalue weighted by atomic mass is 32.1. The van der Waals surface area contributed by atoms with Gasteiger partial charge in [0.25, 0.3) is 5.91 Å². The number of primary amides is 1. The molecule has 0 spiro atoms. The first kappa shape index (κ1) is 18.0. The second-order valence-corrected chi connectivity index (χ2v) is 8.35. The standard InChI is InChI=1S/C20H22N4O2S/c21-10-14-4-3-8-24(14)17(25)12-23-9-7-13(11-23)18-15-5-1-2-6-16(15)27-19(18)20(22)26/h1-2,5-6,13-14H,3-4,7-9,11-12H2,(H2,22,26)/t13-,14+/m1/s1. The molecule has 4 rings (SSSR count). The van der Waals surface area contributed by atoms with Crippen molar-refractivity contribution in [2.24, 2.45) is 5.73 Å². The van der Waals surface area contributed by atoms with Gasteiger partial charge in [0.15, 0.2) is 0 Å². The molecule has 2 aromatic rings. The Bertz CT molecular complexity index is 932. The molecule has 0 aliphatic carbocycles. The summed E-state index contributed by atoms with van der Waals surface area (Å²) >= 11 is 1.45. The number of nitrogens with zero attached hydrogens (tertiary/aromatic N) is 3. The van der Waals surface area contributed by atoms with Gasteiger partial charge in [0, 0.05) is 23.7 Å². The zero-order valence-electron chi connectivity index (χ0n) is 15.1. The van der Waals surface area contributed by atoms with Gasteiger partial charge in [-0.3, -0.25) is 14.5 Å². The van der Waals surface area contributed by atoms with Gasteiger partial charge in [-0.1, -0.05) is 18.2 Å². The molecule has 2 aliphatic rings. The van der Waals surface area contributed by atoms with E-state index in [0.717, 1.165) is 48.0 Å². The molecular weight excluding hydrogens is 360 g/mol. The number of nitriles is 1. The third-order valence-corrected chi connectivity index (χ3v) is 6.82. The van der Waals surface area contributed by atoms with Crippen molar-refractivity contribution in [3.8, 4) is 6.07 Å². The molecule has 2 amide bonds. The molecular formula is C20H22N4O2S. The number of carbonyl (C=O) groups is 2. The summed E-state index contributed by atoms with van der Waals surface area (Å²) < 4.78 is 1.07. The van der Waals surface area contributed by atoms with Crippen molar-refractivity contribution in [2.45, 2.75) is 31.2 Å². The Balaban J connectivity index is 1.51. The van der Waals surface area contributed by atoms with E-state index in [9.17, 15) is 14.9 Å². The minimum Gasteiger partial charge on any atom is -0.365 e. The highest BCUT2D eigenvalue weighted by Gasteiger charge is 2.33. The van der Waals surface area contributed by atoms with Gasteiger partial charge in [0.05, 0.1) is 17.5 Å². The van der Waals surface area contributed by atoms with E-state index < -0.39 is 0 Å². The van der Waals surface area contributed by atoms with Gasteiger partial charge in [0.1, 0.15) is 6.04 Å². The van der Waals surface area contributed by atoms with Crippen molar-refractivity contribution in [1.82, 2.24) is 9.80 Å². The van der Waals surface area contributed by atoms with E-state index in [4.69, 9.17) is 5.73 Å². The molecule has 1 aromatic heterocycles. The molecule has 0 unspecified atom stereocenters. The van der Waals surface area contributed by atoms with Gasteiger partial charge < -0.3 is 10.6 Å². The summed E-state index contributed by atoms with van der Waals surface area (Å²) in [4.78, 5) is 29.1. The number of nitrogens with two attached hydrogens (primary N) is 1. The van der Waals surface area contributed by atoms with Crippen LogP contribution in [0.5, 0.6) is 0 Å². The Hall–Kier alpha value is -2.43. The minimum absolute atomic E-state index is 0.0324. The average molecular weight is 382 g/mol. The van der Waals surface area contributed by atoms with Crippen molar-refractivity contribution in [2.75, 3.05) is 26.2 Å². The maximum absolute atomic E-state index is 12.6. The second kappa shape index (κ2) is 7.29. The Morgan fingerprint density at radius 1 is 1.26 bits per heavy atom. The van der Waals surface area contributed by atoms with Gasteiger partial charge in [-0.15, -0.1) is 11.3 Å². The van der Waals surface area contributed by atoms with Crippen LogP contribution in [0.3, 0.4) is 0 Å². The van der Waals surface area contributed by atoms with Gasteiger partial charge in [-0.25, -0.2) is 0 Å². The van der Waals surface area contributed by atoms with Gasteiger partial charge in [-0.2, -0.15) is 5.26 Å². The average Bonchev–Trinajstić information content (AvgIpc) is 3.38. The van der Waals surface area contributed by atoms with Gasteiger partial charge >= 0.3 is 0 Å². The molecule has 2 saturated heterocycles. The molecule has 2 atom stereocenters. The van der Waals surface area contributed by atoms with Gasteiger partial charge in [0.2, 0.25) is 5.91 Å². The van der Waals surface area contributed by atoms with E-state index in [1.165, 1.54) is 11.3 Å². The molecule has 140 valence electrons. The van der Waals surface area contributed by atoms with Crippen LogP contribution in [0.4, 0.5) is 0 Å². The lowest BCUT2D eigenvalue weighted by atomic mass is 9.95. The third-order valence-electron chi connectivity index (χ3n) is 5.62. The quantitative estimate of drug-likeness (QED) is 0.878. The van der Waals surface area contributed by atoms with E-state index in [2.05, 4.69) is 11.0 Å². The van der Waals surface area contributed by atoms with Crippen molar-refractivity contribution in [3.63, 3.8) is 0 Å². The molecule has 1 aromatic carbocycles. The predicted octanol–water partition coefficient (Wildman–Crippen LogP) is 2.30. The summed E-state index contributed by atoms with van der Waals surface area (Å²) in [5, 5.41) is 10.3. The number of thiophene rings is 1. The zero-order chi connectivity index (χ0) is 19.0. The Morgan fingerprint density at radius 2 is 2.07 bits per heavy atom. The van der Waals surface area contributed by atoms with Crippen LogP contribution >= 0.6 is 11.3 Å². The maximum Gasteiger partial charge on any atom is 0.259 e. The topological polar surface area (TPSA) is 90.4 Å². The Morgan fingerprint density at radius 3 is 2.85 bits per heavy atom. The number of amides is 2. The fourth-order valence-corrected chi connectivity index (χ4v) is 5.49. The third kappa shape index (κ3) is 3.31. The monoisotopic (exact) mass is 382 g/mol. The highest BCUT2D eigenvalue weighted by molar-refractivity contribution is 7.21. The maximum atomic E-state index is 12.6. The van der Waals surface area contributed by atoms with Crippen LogP contribution in [0, 0.1) is 11.3 Å². The molecule has 7 heteroatoms. The molecule has 3 heterocycles. The Kier molecular flexibility index (Phi) is 4.85. The highest BCUT2D eigenvalue weighted by Crippen LogP contribution is 2.39. The smallest absolute Gasteiger partial charge is 0.259 e. The number of hydrogen-bond donors (Lipinski definition) is 1. The van der Waals surface area contributed by atoms with E-state index in [-0.39, 0.29) is 23.8 Å². The second-order valence-electron chi connectivity index (χ2n) is 7.30. The van der Waals surface area contributed by atoms with E-state index >= 15 is 0 Å². The first-order chi connectivity index (χ1) is 13.1. The van der Waals surface area contributed by atoms with E-state index in [1.54, 1.807) is 4.90 Å². The van der Waals surface area contributed by atoms with Crippen molar-refractivity contribution >= 4 is 33.2 Å². The van der Waals surface area contributed by atoms with E-state index in [1.807, 2.05) is 24.3 Å². The van der Waals surface area contributed by atoms with Gasteiger partial charge in [-0.05, 0) is 42.8 Å². The first-order valence-electron chi connectivity index (χ1n) is 9.31. The molecule has 0 bridgehead atoms. The molecule has 0 saturated carbocycles. The number of fused-ring (bicyclic) bond motifs is 1. The number of carbonyl (C=O) groups excluding carboxylic acids is 2. The number of rotatable bonds is 4. The van der Waals surface area contributed by atoms with Crippen LogP contribution in [0.1, 0.15) is 40.4 Å². The summed E-state index contributed by atoms with van der Waals surface area (Å²) in [7, 11) is 0. The summed E-state index contributed by atoms with van der Waals surface area (Å²) in [5.41, 5.74) is 6.68. The summed E-state index contributed by atoms with van der Waals surface area (Å²) in [6.45, 7) is 2.56. The summed E-state index contributed by atoms with van der Waals surface area (Å²) in [6.07, 6.45) is 2.57. The summed E-state index contributed by atoms with van der Waals surface area (Å²) in [6, 6.07) is 9.96. The molecule has 27 heavy (non-hydrogen) atoms. The lowest BCUT2D eigenvalue weighted by Crippen LogP contribution is -2.41. The minimum atomic E-state index is -0.380. The lowest BCUT2D eigenvalue weighted by Gasteiger charge is -2.23. The first-order valence-corrected chi connectivity index (χ1v) is 10.1. The normalized spacial score (nSPS) is 23.0. The van der Waals surface area contributed by atoms with Crippen LogP contribution in [0.15, 0.2) is 24.3 Å². The number of benzene rings is 1. The van der Waals surface area contributed by atoms with Crippen LogP contribution in [0.25, 0.3) is 10.1 Å². The molecule has 2 fully saturated rings. The molecule has 0 radical (unpaired) electrons. The largest absolute Gasteiger partial charge is 0.365 e. The fraction of sp³-hybridized carbons (Fsp3) is 0.450. The van der Waals surface area contributed by atoms with Crippen molar-refractivity contribution in [3.05, 3.63) is 34.7 Å². The van der Waals surface area contributed by atoms with Crippen molar-refractivity contribution < 1.29 is 9.59 Å². The number of hydrogen-bond acceptors (Lipinski definition) is 5. The SMILES string of the molecule is N#C[C@@H]1CCCN1C(=O)CN1CC[C@@H](c2c(C(N)=O)sc3ccccc23)C1. The van der Waals surface area contributed by atoms with Crippen molar-refractivity contribution in [1.29, 1.82) is 5.26 Å². The number of likely N-dealkylation sites (tertiary alicyclic amines) is 2. The van der Waals surface area contributed by atoms with Crippen LogP contribution in [-0.2, 0) is 4.79 Å². The van der Waals surface area contributed by atoms with E-state index in [0.29, 0.717) is 18.0 Å². The predicted molar refractivity (Wildman–Crippen MR) is 104 cm³/mol. The molecule has 6 nitrogen and oxygen atoms in total. The van der Waals surface area contributed by atoms with Crippen LogP contribution < -0.4 is 5.73 Å². The summed E-state index contributed by atoms with van der Waals surface area (Å²) in [5.74, 6) is -0.151. The zero-order valence-corrected chi connectivity index (χ0v) is 15.9. The van der Waals surface area contributed by atoms with Crippen LogP contribution in [-0.4, -0.2) is 53.8 Å². The van der Waals surface area contributed by atoms with Crippen LogP contribution in [0.2, 0.25) is 0 Å². The lowest BCUT2D eigenvalue weighted by molar-refractivity contribution is -0.132. The molecule has 2 N–H and O–H groups in total. The fourth-order valence-electron chi connectivity index (χ4n) is 4.35.